The molecular formula is C41H28N3+. The van der Waals surface area contributed by atoms with Crippen LogP contribution >= 0.6 is 0 Å². The van der Waals surface area contributed by atoms with Crippen molar-refractivity contribution in [2.45, 2.75) is 30.7 Å². The molecule has 2 atom stereocenters. The molecule has 4 aliphatic heterocycles. The summed E-state index contributed by atoms with van der Waals surface area (Å²) in [6, 6.07) is 41.6. The van der Waals surface area contributed by atoms with E-state index in [0.29, 0.717) is 0 Å². The van der Waals surface area contributed by atoms with Crippen LogP contribution < -0.4 is 14.4 Å². The summed E-state index contributed by atoms with van der Waals surface area (Å²) in [4.78, 5) is 5.25. The quantitative estimate of drug-likeness (QED) is 0.188. The van der Waals surface area contributed by atoms with Crippen LogP contribution in [0.3, 0.4) is 0 Å². The van der Waals surface area contributed by atoms with E-state index in [0.717, 1.165) is 25.8 Å². The van der Waals surface area contributed by atoms with Crippen LogP contribution in [0.15, 0.2) is 115 Å². The second kappa shape index (κ2) is 7.31. The van der Waals surface area contributed by atoms with E-state index in [4.69, 9.17) is 0 Å². The van der Waals surface area contributed by atoms with Gasteiger partial charge < -0.3 is 9.80 Å². The normalized spacial score (nSPS) is 21.0. The molecule has 206 valence electrons. The first-order chi connectivity index (χ1) is 21.8. The molecule has 3 nitrogen and oxygen atoms in total. The Morgan fingerprint density at radius 3 is 2.18 bits per heavy atom. The lowest BCUT2D eigenvalue weighted by atomic mass is 9.60. The third-order valence-electron chi connectivity index (χ3n) is 11.6. The summed E-state index contributed by atoms with van der Waals surface area (Å²) in [5, 5.41) is 0. The van der Waals surface area contributed by atoms with Crippen molar-refractivity contribution in [1.82, 2.24) is 0 Å². The number of nitrogens with zero attached hydrogens (tertiary/aromatic N) is 3. The van der Waals surface area contributed by atoms with Crippen LogP contribution in [0.1, 0.15) is 67.2 Å². The summed E-state index contributed by atoms with van der Waals surface area (Å²) in [6.07, 6.45) is 5.43. The van der Waals surface area contributed by atoms with Crippen molar-refractivity contribution in [2.75, 3.05) is 16.3 Å². The highest BCUT2D eigenvalue weighted by Crippen LogP contribution is 2.66. The summed E-state index contributed by atoms with van der Waals surface area (Å²) in [7, 11) is 0. The minimum atomic E-state index is -0.314. The van der Waals surface area contributed by atoms with Crippen molar-refractivity contribution in [1.29, 1.82) is 0 Å². The van der Waals surface area contributed by atoms with Crippen molar-refractivity contribution >= 4 is 28.4 Å². The molecule has 2 aliphatic carbocycles. The molecule has 0 radical (unpaired) electrons. The lowest BCUT2D eigenvalue weighted by molar-refractivity contribution is -0.750. The maximum absolute atomic E-state index is 2.76. The monoisotopic (exact) mass is 562 g/mol. The van der Waals surface area contributed by atoms with Gasteiger partial charge in [0.05, 0.1) is 40.7 Å². The van der Waals surface area contributed by atoms with Crippen molar-refractivity contribution in [2.24, 2.45) is 0 Å². The number of aromatic nitrogens is 1. The van der Waals surface area contributed by atoms with E-state index in [9.17, 15) is 0 Å². The predicted molar refractivity (Wildman–Crippen MR) is 173 cm³/mol. The highest BCUT2D eigenvalue weighted by atomic mass is 15.3. The van der Waals surface area contributed by atoms with E-state index in [2.05, 4.69) is 130 Å². The standard InChI is InChI=1S/C41H28N3/c1-2-13-30(14-3-1)42-23-41-37-32(42)16-7-17-33(37)44-31-15-5-4-9-24(31)19-29-22-28-21-26-11-6-10-25-20-27-12-8-18-43(41)39(27)36(34(25)26)35(28)38(41)40(29)44/h1-18,22,36H,19-21,23H2/q+1. The molecule has 0 bridgehead atoms. The molecule has 6 aromatic rings. The zero-order valence-corrected chi connectivity index (χ0v) is 24.2. The second-order valence-electron chi connectivity index (χ2n) is 13.5. The third-order valence-corrected chi connectivity index (χ3v) is 11.6. The fourth-order valence-electron chi connectivity index (χ4n) is 10.2. The Kier molecular flexibility index (Phi) is 3.72. The Hall–Kier alpha value is -5.15. The van der Waals surface area contributed by atoms with E-state index in [-0.39, 0.29) is 11.5 Å². The first-order valence-electron chi connectivity index (χ1n) is 16.0. The average molecular weight is 563 g/mol. The minimum absolute atomic E-state index is 0.277. The summed E-state index contributed by atoms with van der Waals surface area (Å²) >= 11 is 0. The molecule has 0 N–H and O–H groups in total. The van der Waals surface area contributed by atoms with E-state index >= 15 is 0 Å². The van der Waals surface area contributed by atoms with Gasteiger partial charge in [0.2, 0.25) is 5.54 Å². The number of para-hydroxylation sites is 2. The van der Waals surface area contributed by atoms with Gasteiger partial charge in [-0.05, 0) is 81.8 Å². The van der Waals surface area contributed by atoms with Gasteiger partial charge in [0, 0.05) is 35.8 Å². The van der Waals surface area contributed by atoms with Gasteiger partial charge >= 0.3 is 0 Å². The smallest absolute Gasteiger partial charge is 0.242 e. The summed E-state index contributed by atoms with van der Waals surface area (Å²) < 4.78 is 2.76. The number of benzene rings is 5. The molecule has 0 fully saturated rings. The summed E-state index contributed by atoms with van der Waals surface area (Å²) in [5.74, 6) is 0.277. The second-order valence-corrected chi connectivity index (χ2v) is 13.5. The number of fused-ring (bicyclic) bond motifs is 3. The van der Waals surface area contributed by atoms with E-state index < -0.39 is 0 Å². The summed E-state index contributed by atoms with van der Waals surface area (Å²) in [6.45, 7) is 0.893. The minimum Gasteiger partial charge on any atom is -0.333 e. The molecule has 1 aromatic heterocycles. The number of hydrogen-bond donors (Lipinski definition) is 0. The van der Waals surface area contributed by atoms with Crippen molar-refractivity contribution in [3.05, 3.63) is 177 Å². The Morgan fingerprint density at radius 1 is 0.568 bits per heavy atom. The highest BCUT2D eigenvalue weighted by Gasteiger charge is 2.65. The van der Waals surface area contributed by atoms with Gasteiger partial charge in [-0.15, -0.1) is 0 Å². The van der Waals surface area contributed by atoms with Gasteiger partial charge in [0.1, 0.15) is 0 Å². The van der Waals surface area contributed by atoms with Crippen LogP contribution in [0.25, 0.3) is 0 Å². The SMILES string of the molecule is c1ccc(N2CC34c5c2cccc5N2c5ccccc5Cc5cc6c(c3c52)C2c3c(cccc3Cc3ccc[n+]4c32)C6)cc1. The van der Waals surface area contributed by atoms with Gasteiger partial charge in [-0.25, -0.2) is 0 Å². The van der Waals surface area contributed by atoms with Crippen LogP contribution in [-0.2, 0) is 24.8 Å². The van der Waals surface area contributed by atoms with Crippen molar-refractivity contribution < 1.29 is 4.57 Å². The van der Waals surface area contributed by atoms with Crippen molar-refractivity contribution in [3.8, 4) is 0 Å². The molecule has 0 amide bonds. The Labute approximate surface area is 256 Å². The number of anilines is 5. The Bertz CT molecular complexity index is 2320. The summed E-state index contributed by atoms with van der Waals surface area (Å²) in [5.41, 5.74) is 23.0. The highest BCUT2D eigenvalue weighted by molar-refractivity contribution is 5.97. The van der Waals surface area contributed by atoms with Gasteiger partial charge in [0.25, 0.3) is 0 Å². The Morgan fingerprint density at radius 2 is 1.27 bits per heavy atom. The van der Waals surface area contributed by atoms with Crippen LogP contribution in [0, 0.1) is 0 Å². The molecule has 0 saturated heterocycles. The number of pyridine rings is 1. The zero-order chi connectivity index (χ0) is 28.3. The van der Waals surface area contributed by atoms with Crippen LogP contribution in [0.2, 0.25) is 0 Å². The lowest BCUT2D eigenvalue weighted by Gasteiger charge is -2.49. The van der Waals surface area contributed by atoms with E-state index in [1.54, 1.807) is 16.7 Å². The van der Waals surface area contributed by atoms with Crippen molar-refractivity contribution in [3.63, 3.8) is 0 Å². The molecule has 1 spiro atoms. The number of hydrogen-bond acceptors (Lipinski definition) is 2. The third kappa shape index (κ3) is 2.32. The molecular weight excluding hydrogens is 534 g/mol. The van der Waals surface area contributed by atoms with Gasteiger partial charge in [-0.2, -0.15) is 4.57 Å². The first-order valence-corrected chi connectivity index (χ1v) is 16.0. The average Bonchev–Trinajstić information content (AvgIpc) is 3.42. The van der Waals surface area contributed by atoms with Crippen LogP contribution in [0.4, 0.5) is 28.4 Å². The topological polar surface area (TPSA) is 10.4 Å². The molecule has 44 heavy (non-hydrogen) atoms. The molecule has 0 saturated carbocycles. The first kappa shape index (κ1) is 22.4. The molecule has 5 aromatic carbocycles. The van der Waals surface area contributed by atoms with Gasteiger partial charge in [-0.1, -0.05) is 66.7 Å². The Balaban J connectivity index is 1.30. The maximum Gasteiger partial charge on any atom is 0.242 e. The molecule has 3 heteroatoms. The van der Waals surface area contributed by atoms with Crippen LogP contribution in [-0.4, -0.2) is 6.54 Å². The zero-order valence-electron chi connectivity index (χ0n) is 24.2. The van der Waals surface area contributed by atoms with E-state index in [1.165, 1.54) is 73.1 Å². The predicted octanol–water partition coefficient (Wildman–Crippen LogP) is 7.91. The lowest BCUT2D eigenvalue weighted by Crippen LogP contribution is -2.67. The van der Waals surface area contributed by atoms with Crippen LogP contribution in [0.5, 0.6) is 0 Å². The van der Waals surface area contributed by atoms with Gasteiger partial charge in [0.15, 0.2) is 11.9 Å². The molecule has 2 unspecified atom stereocenters. The molecule has 5 heterocycles. The maximum atomic E-state index is 2.76. The molecule has 12 rings (SSSR count). The van der Waals surface area contributed by atoms with E-state index in [1.807, 2.05) is 0 Å². The molecule has 6 aliphatic rings. The largest absolute Gasteiger partial charge is 0.333 e. The number of rotatable bonds is 1. The van der Waals surface area contributed by atoms with Gasteiger partial charge in [-0.3, -0.25) is 0 Å². The fourth-order valence-corrected chi connectivity index (χ4v) is 10.2. The fraction of sp³-hybridized carbons (Fsp3) is 0.146.